The summed E-state index contributed by atoms with van der Waals surface area (Å²) in [4.78, 5) is 47.5. The fourth-order valence-electron chi connectivity index (χ4n) is 6.46. The topological polar surface area (TPSA) is 142 Å². The number of esters is 1. The van der Waals surface area contributed by atoms with Crippen LogP contribution in [-0.2, 0) is 23.9 Å². The minimum atomic E-state index is -1.38. The maximum absolute atomic E-state index is 12.8. The van der Waals surface area contributed by atoms with Crippen molar-refractivity contribution in [3.8, 4) is 0 Å². The van der Waals surface area contributed by atoms with Crippen LogP contribution in [0.2, 0.25) is 0 Å². The van der Waals surface area contributed by atoms with Gasteiger partial charge in [0.05, 0.1) is 13.2 Å². The highest BCUT2D eigenvalue weighted by Crippen LogP contribution is 2.16. The van der Waals surface area contributed by atoms with Gasteiger partial charge in [0.1, 0.15) is 12.1 Å². The number of ether oxygens (including phenoxy) is 1. The molecule has 2 unspecified atom stereocenters. The third-order valence-corrected chi connectivity index (χ3v) is 10.0. The van der Waals surface area contributed by atoms with Crippen LogP contribution in [0.1, 0.15) is 206 Å². The van der Waals surface area contributed by atoms with Crippen molar-refractivity contribution >= 4 is 23.8 Å². The molecule has 57 heavy (non-hydrogen) atoms. The predicted molar refractivity (Wildman–Crippen MR) is 236 cm³/mol. The van der Waals surface area contributed by atoms with Crippen molar-refractivity contribution in [2.24, 2.45) is 0 Å². The molecule has 0 aliphatic heterocycles. The van der Waals surface area contributed by atoms with Gasteiger partial charge in [0.2, 0.25) is 11.8 Å². The van der Waals surface area contributed by atoms with Crippen LogP contribution in [0, 0.1) is 0 Å². The molecule has 0 aliphatic rings. The van der Waals surface area contributed by atoms with Gasteiger partial charge in [-0.1, -0.05) is 159 Å². The van der Waals surface area contributed by atoms with Crippen LogP contribution in [0.25, 0.3) is 0 Å². The SMILES string of the molecule is CCCCC/C=C\C/C=C\CCCCCCCCCCCC(=O)OC(/C=C\C/C=C\CCCCCC)CCCCCCCCC(=O)NCC(=O)NC(CO)C(=O)O. The Morgan fingerprint density at radius 2 is 1.00 bits per heavy atom. The van der Waals surface area contributed by atoms with Crippen LogP contribution < -0.4 is 10.6 Å². The molecular formula is C48H84N2O7. The Hall–Kier alpha value is -3.20. The molecule has 0 aromatic heterocycles. The molecule has 0 saturated heterocycles. The van der Waals surface area contributed by atoms with Crippen molar-refractivity contribution in [3.63, 3.8) is 0 Å². The molecule has 9 nitrogen and oxygen atoms in total. The molecule has 2 amide bonds. The number of carboxylic acids is 1. The molecule has 0 spiro atoms. The molecule has 0 aromatic rings. The van der Waals surface area contributed by atoms with E-state index in [9.17, 15) is 19.2 Å². The van der Waals surface area contributed by atoms with Crippen molar-refractivity contribution in [1.29, 1.82) is 0 Å². The lowest BCUT2D eigenvalue weighted by atomic mass is 10.0. The van der Waals surface area contributed by atoms with Gasteiger partial charge in [-0.2, -0.15) is 0 Å². The molecule has 0 rings (SSSR count). The first-order valence-corrected chi connectivity index (χ1v) is 23.0. The fourth-order valence-corrected chi connectivity index (χ4v) is 6.46. The van der Waals surface area contributed by atoms with Gasteiger partial charge >= 0.3 is 11.9 Å². The molecule has 0 radical (unpaired) electrons. The maximum Gasteiger partial charge on any atom is 0.328 e. The molecule has 328 valence electrons. The summed E-state index contributed by atoms with van der Waals surface area (Å²) in [6.07, 6.45) is 50.2. The normalized spacial score (nSPS) is 12.9. The van der Waals surface area contributed by atoms with Crippen molar-refractivity contribution in [2.45, 2.75) is 219 Å². The van der Waals surface area contributed by atoms with Gasteiger partial charge in [-0.15, -0.1) is 0 Å². The van der Waals surface area contributed by atoms with Crippen LogP contribution in [0.5, 0.6) is 0 Å². The van der Waals surface area contributed by atoms with Gasteiger partial charge in [0.15, 0.2) is 0 Å². The van der Waals surface area contributed by atoms with E-state index >= 15 is 0 Å². The zero-order valence-corrected chi connectivity index (χ0v) is 36.3. The van der Waals surface area contributed by atoms with E-state index in [1.807, 2.05) is 0 Å². The Morgan fingerprint density at radius 3 is 1.54 bits per heavy atom. The van der Waals surface area contributed by atoms with Crippen LogP contribution in [0.3, 0.4) is 0 Å². The number of unbranched alkanes of at least 4 members (excludes halogenated alkanes) is 21. The lowest BCUT2D eigenvalue weighted by molar-refractivity contribution is -0.147. The number of rotatable bonds is 41. The molecule has 0 heterocycles. The largest absolute Gasteiger partial charge is 0.480 e. The highest BCUT2D eigenvalue weighted by atomic mass is 16.5. The molecule has 0 aliphatic carbocycles. The van der Waals surface area contributed by atoms with Gasteiger partial charge in [-0.3, -0.25) is 14.4 Å². The quantitative estimate of drug-likeness (QED) is 0.0274. The zero-order valence-electron chi connectivity index (χ0n) is 36.3. The van der Waals surface area contributed by atoms with Gasteiger partial charge < -0.3 is 25.6 Å². The number of amides is 2. The molecular weight excluding hydrogens is 717 g/mol. The van der Waals surface area contributed by atoms with Crippen molar-refractivity contribution in [2.75, 3.05) is 13.2 Å². The first kappa shape index (κ1) is 53.8. The lowest BCUT2D eigenvalue weighted by Crippen LogP contribution is -2.47. The van der Waals surface area contributed by atoms with Crippen LogP contribution >= 0.6 is 0 Å². The molecule has 4 N–H and O–H groups in total. The monoisotopic (exact) mass is 801 g/mol. The summed E-state index contributed by atoms with van der Waals surface area (Å²) in [5.41, 5.74) is 0. The summed E-state index contributed by atoms with van der Waals surface area (Å²) in [6, 6.07) is -1.38. The molecule has 0 saturated carbocycles. The summed E-state index contributed by atoms with van der Waals surface area (Å²) >= 11 is 0. The van der Waals surface area contributed by atoms with E-state index < -0.39 is 24.5 Å². The highest BCUT2D eigenvalue weighted by Gasteiger charge is 2.18. The number of aliphatic carboxylic acids is 1. The standard InChI is InChI=1S/C48H84N2O7/c1-3-5-7-9-11-13-14-15-16-17-18-19-20-21-22-24-26-32-36-40-47(54)57-43(37-33-29-25-23-12-10-8-6-4-2)38-34-30-27-28-31-35-39-45(52)49-41-46(53)50-44(42-51)48(55)56/h11,13,15-16,23,25,33,37,43-44,51H,3-10,12,14,17-22,24,26-32,34-36,38-42H2,1-2H3,(H,49,52)(H,50,53)(H,55,56)/b13-11-,16-15-,25-23-,37-33-. The number of carboxylic acid groups (broad SMARTS) is 1. The predicted octanol–water partition coefficient (Wildman–Crippen LogP) is 11.5. The first-order chi connectivity index (χ1) is 27.8. The average molecular weight is 801 g/mol. The Morgan fingerprint density at radius 1 is 0.544 bits per heavy atom. The third-order valence-electron chi connectivity index (χ3n) is 10.0. The Kier molecular flexibility index (Phi) is 40.0. The summed E-state index contributed by atoms with van der Waals surface area (Å²) in [6.45, 7) is 3.43. The Bertz CT molecular complexity index is 1100. The van der Waals surface area contributed by atoms with Crippen molar-refractivity contribution < 1.29 is 34.1 Å². The van der Waals surface area contributed by atoms with E-state index in [-0.39, 0.29) is 24.5 Å². The molecule has 2 atom stereocenters. The van der Waals surface area contributed by atoms with Crippen LogP contribution in [0.4, 0.5) is 0 Å². The molecule has 9 heteroatoms. The number of carbonyl (C=O) groups is 4. The van der Waals surface area contributed by atoms with E-state index in [0.29, 0.717) is 19.3 Å². The van der Waals surface area contributed by atoms with Gasteiger partial charge in [-0.25, -0.2) is 4.79 Å². The average Bonchev–Trinajstić information content (AvgIpc) is 3.20. The number of aliphatic hydroxyl groups is 1. The van der Waals surface area contributed by atoms with Gasteiger partial charge in [-0.05, 0) is 83.1 Å². The van der Waals surface area contributed by atoms with Crippen molar-refractivity contribution in [1.82, 2.24) is 10.6 Å². The Labute approximate surface area is 348 Å². The summed E-state index contributed by atoms with van der Waals surface area (Å²) < 4.78 is 5.94. The van der Waals surface area contributed by atoms with E-state index in [1.165, 1.54) is 103 Å². The first-order valence-electron chi connectivity index (χ1n) is 23.0. The van der Waals surface area contributed by atoms with Gasteiger partial charge in [0.25, 0.3) is 0 Å². The summed E-state index contributed by atoms with van der Waals surface area (Å²) in [7, 11) is 0. The maximum atomic E-state index is 12.8. The number of nitrogens with one attached hydrogen (secondary N) is 2. The molecule has 0 aromatic carbocycles. The third kappa shape index (κ3) is 39.4. The number of aliphatic hydroxyl groups excluding tert-OH is 1. The number of hydrogen-bond acceptors (Lipinski definition) is 6. The number of hydrogen-bond donors (Lipinski definition) is 4. The number of carbonyl (C=O) groups excluding carboxylic acids is 3. The minimum Gasteiger partial charge on any atom is -0.480 e. The van der Waals surface area contributed by atoms with E-state index in [0.717, 1.165) is 70.6 Å². The molecule has 0 bridgehead atoms. The summed E-state index contributed by atoms with van der Waals surface area (Å²) in [5.74, 6) is -2.35. The summed E-state index contributed by atoms with van der Waals surface area (Å²) in [5, 5.41) is 22.5. The van der Waals surface area contributed by atoms with Crippen LogP contribution in [-0.4, -0.2) is 59.3 Å². The number of allylic oxidation sites excluding steroid dienone is 7. The highest BCUT2D eigenvalue weighted by molar-refractivity contribution is 5.87. The van der Waals surface area contributed by atoms with Crippen molar-refractivity contribution in [3.05, 3.63) is 48.6 Å². The Balaban J connectivity index is 4.24. The second-order valence-corrected chi connectivity index (χ2v) is 15.5. The second kappa shape index (κ2) is 42.4. The molecule has 0 fully saturated rings. The van der Waals surface area contributed by atoms with E-state index in [2.05, 4.69) is 73.1 Å². The van der Waals surface area contributed by atoms with E-state index in [4.69, 9.17) is 14.9 Å². The fraction of sp³-hybridized carbons (Fsp3) is 0.750. The van der Waals surface area contributed by atoms with Gasteiger partial charge in [0, 0.05) is 12.8 Å². The minimum absolute atomic E-state index is 0.0981. The van der Waals surface area contributed by atoms with E-state index in [1.54, 1.807) is 0 Å². The zero-order chi connectivity index (χ0) is 41.9. The second-order valence-electron chi connectivity index (χ2n) is 15.5. The lowest BCUT2D eigenvalue weighted by Gasteiger charge is -2.15. The smallest absolute Gasteiger partial charge is 0.328 e. The van der Waals surface area contributed by atoms with Crippen LogP contribution in [0.15, 0.2) is 48.6 Å².